The minimum Gasteiger partial charge on any atom is -0.479 e. The monoisotopic (exact) mass is 280 g/mol. The number of nitrogens with one attached hydrogen (secondary N) is 1. The fraction of sp³-hybridized carbons (Fsp3) is 0.273. The van der Waals surface area contributed by atoms with Crippen LogP contribution in [0.2, 0.25) is 0 Å². The van der Waals surface area contributed by atoms with Crippen LogP contribution < -0.4 is 5.32 Å². The van der Waals surface area contributed by atoms with Gasteiger partial charge in [-0.25, -0.2) is 9.78 Å². The van der Waals surface area contributed by atoms with E-state index < -0.39 is 12.0 Å². The summed E-state index contributed by atoms with van der Waals surface area (Å²) in [6, 6.07) is 2.43. The number of carbonyl (C=O) groups excluding carboxylic acids is 1. The van der Waals surface area contributed by atoms with E-state index in [1.54, 1.807) is 17.5 Å². The van der Waals surface area contributed by atoms with Crippen molar-refractivity contribution < 1.29 is 14.7 Å². The Balaban J connectivity index is 1.90. The molecule has 0 aliphatic rings. The average Bonchev–Trinajstić information content (AvgIpc) is 3.05. The molecule has 0 aliphatic heterocycles. The number of carboxylic acid groups (broad SMARTS) is 1. The Hall–Kier alpha value is -2.22. The number of thiophene rings is 1. The number of hydrogen-bond acceptors (Lipinski definition) is 5. The molecule has 2 rings (SSSR count). The number of carbonyl (C=O) groups is 2. The van der Waals surface area contributed by atoms with Gasteiger partial charge in [0.2, 0.25) is 5.91 Å². The van der Waals surface area contributed by atoms with Crippen molar-refractivity contribution in [1.82, 2.24) is 20.1 Å². The van der Waals surface area contributed by atoms with Crippen molar-refractivity contribution in [3.05, 3.63) is 35.0 Å². The van der Waals surface area contributed by atoms with E-state index in [0.29, 0.717) is 11.4 Å². The highest BCUT2D eigenvalue weighted by atomic mass is 32.1. The minimum absolute atomic E-state index is 0.151. The fourth-order valence-corrected chi connectivity index (χ4v) is 2.27. The van der Waals surface area contributed by atoms with Crippen LogP contribution in [0.15, 0.2) is 30.2 Å². The summed E-state index contributed by atoms with van der Waals surface area (Å²) in [4.78, 5) is 27.2. The number of carboxylic acids is 1. The van der Waals surface area contributed by atoms with E-state index in [9.17, 15) is 9.59 Å². The predicted octanol–water partition coefficient (Wildman–Crippen LogP) is 0.672. The zero-order chi connectivity index (χ0) is 13.7. The number of aliphatic carboxylic acids is 1. The van der Waals surface area contributed by atoms with E-state index in [4.69, 9.17) is 5.11 Å². The lowest BCUT2D eigenvalue weighted by molar-refractivity contribution is -0.142. The summed E-state index contributed by atoms with van der Waals surface area (Å²) in [7, 11) is 0. The number of hydrogen-bond donors (Lipinski definition) is 2. The summed E-state index contributed by atoms with van der Waals surface area (Å²) in [5, 5.41) is 17.2. The highest BCUT2D eigenvalue weighted by Crippen LogP contribution is 2.19. The van der Waals surface area contributed by atoms with Crippen LogP contribution in [0.3, 0.4) is 0 Å². The standard InChI is InChI=1S/C11H12N4O3S/c16-9(3-4-15-7-12-6-13-15)14-10(11(17)18)8-2-1-5-19-8/h1-2,5-7,10H,3-4H2,(H,14,16)(H,17,18). The van der Waals surface area contributed by atoms with Crippen LogP contribution in [-0.4, -0.2) is 31.7 Å². The minimum atomic E-state index is -1.07. The van der Waals surface area contributed by atoms with Gasteiger partial charge in [0.25, 0.3) is 0 Å². The van der Waals surface area contributed by atoms with Crippen molar-refractivity contribution in [2.75, 3.05) is 0 Å². The second-order valence-electron chi connectivity index (χ2n) is 3.76. The van der Waals surface area contributed by atoms with Crippen LogP contribution in [0.1, 0.15) is 17.3 Å². The quantitative estimate of drug-likeness (QED) is 0.810. The van der Waals surface area contributed by atoms with Gasteiger partial charge in [0, 0.05) is 11.3 Å². The van der Waals surface area contributed by atoms with Gasteiger partial charge in [-0.3, -0.25) is 9.48 Å². The molecule has 1 atom stereocenters. The van der Waals surface area contributed by atoms with Crippen molar-refractivity contribution in [1.29, 1.82) is 0 Å². The molecule has 0 radical (unpaired) electrons. The summed E-state index contributed by atoms with van der Waals surface area (Å²) in [5.41, 5.74) is 0. The second-order valence-corrected chi connectivity index (χ2v) is 4.74. The number of amides is 1. The first kappa shape index (κ1) is 13.2. The molecule has 8 heteroatoms. The summed E-state index contributed by atoms with van der Waals surface area (Å²) < 4.78 is 1.51. The average molecular weight is 280 g/mol. The molecule has 0 saturated heterocycles. The summed E-state index contributed by atoms with van der Waals surface area (Å²) in [5.74, 6) is -1.41. The second kappa shape index (κ2) is 6.10. The summed E-state index contributed by atoms with van der Waals surface area (Å²) in [6.07, 6.45) is 3.03. The van der Waals surface area contributed by atoms with Gasteiger partial charge < -0.3 is 10.4 Å². The van der Waals surface area contributed by atoms with Crippen LogP contribution >= 0.6 is 11.3 Å². The molecule has 0 saturated carbocycles. The normalized spacial score (nSPS) is 12.0. The Morgan fingerprint density at radius 3 is 2.95 bits per heavy atom. The Morgan fingerprint density at radius 2 is 2.37 bits per heavy atom. The molecule has 0 aromatic carbocycles. The Bertz CT molecular complexity index is 538. The van der Waals surface area contributed by atoms with Crippen molar-refractivity contribution >= 4 is 23.2 Å². The van der Waals surface area contributed by atoms with E-state index in [1.165, 1.54) is 28.7 Å². The van der Waals surface area contributed by atoms with Crippen LogP contribution in [0.4, 0.5) is 0 Å². The van der Waals surface area contributed by atoms with Gasteiger partial charge in [-0.15, -0.1) is 11.3 Å². The lowest BCUT2D eigenvalue weighted by atomic mass is 10.2. The molecule has 0 spiro atoms. The van der Waals surface area contributed by atoms with Crippen LogP contribution in [0.25, 0.3) is 0 Å². The van der Waals surface area contributed by atoms with Crippen LogP contribution in [0, 0.1) is 0 Å². The smallest absolute Gasteiger partial charge is 0.331 e. The highest BCUT2D eigenvalue weighted by Gasteiger charge is 2.22. The highest BCUT2D eigenvalue weighted by molar-refractivity contribution is 7.10. The lowest BCUT2D eigenvalue weighted by Crippen LogP contribution is -2.33. The van der Waals surface area contributed by atoms with E-state index >= 15 is 0 Å². The molecule has 2 N–H and O–H groups in total. The van der Waals surface area contributed by atoms with E-state index in [1.807, 2.05) is 0 Å². The molecule has 1 amide bonds. The molecule has 0 fully saturated rings. The maximum atomic E-state index is 11.7. The summed E-state index contributed by atoms with van der Waals surface area (Å²) >= 11 is 1.29. The SMILES string of the molecule is O=C(CCn1cncn1)NC(C(=O)O)c1cccs1. The molecule has 2 aromatic rings. The van der Waals surface area contributed by atoms with Crippen molar-refractivity contribution in [2.45, 2.75) is 19.0 Å². The van der Waals surface area contributed by atoms with Crippen molar-refractivity contribution in [2.24, 2.45) is 0 Å². The van der Waals surface area contributed by atoms with E-state index in [0.717, 1.165) is 0 Å². The number of aryl methyl sites for hydroxylation is 1. The van der Waals surface area contributed by atoms with E-state index in [-0.39, 0.29) is 12.3 Å². The largest absolute Gasteiger partial charge is 0.479 e. The molecule has 0 bridgehead atoms. The lowest BCUT2D eigenvalue weighted by Gasteiger charge is -2.12. The predicted molar refractivity (Wildman–Crippen MR) is 67.5 cm³/mol. The topological polar surface area (TPSA) is 97.1 Å². The molecular formula is C11H12N4O3S. The molecule has 1 unspecified atom stereocenters. The van der Waals surface area contributed by atoms with Gasteiger partial charge in [0.05, 0.1) is 6.54 Å². The van der Waals surface area contributed by atoms with Crippen LogP contribution in [-0.2, 0) is 16.1 Å². The fourth-order valence-electron chi connectivity index (χ4n) is 1.51. The summed E-state index contributed by atoms with van der Waals surface area (Å²) in [6.45, 7) is 0.364. The molecule has 0 aliphatic carbocycles. The van der Waals surface area contributed by atoms with Gasteiger partial charge in [0.15, 0.2) is 6.04 Å². The third-order valence-electron chi connectivity index (χ3n) is 2.41. The molecular weight excluding hydrogens is 268 g/mol. The number of rotatable bonds is 6. The van der Waals surface area contributed by atoms with Crippen molar-refractivity contribution in [3.63, 3.8) is 0 Å². The van der Waals surface area contributed by atoms with Crippen LogP contribution in [0.5, 0.6) is 0 Å². The molecule has 2 aromatic heterocycles. The van der Waals surface area contributed by atoms with Gasteiger partial charge in [0.1, 0.15) is 12.7 Å². The van der Waals surface area contributed by atoms with Gasteiger partial charge in [-0.1, -0.05) is 6.07 Å². The Labute approximate surface area is 112 Å². The zero-order valence-corrected chi connectivity index (χ0v) is 10.7. The van der Waals surface area contributed by atoms with Crippen molar-refractivity contribution in [3.8, 4) is 0 Å². The van der Waals surface area contributed by atoms with E-state index in [2.05, 4.69) is 15.4 Å². The Morgan fingerprint density at radius 1 is 1.53 bits per heavy atom. The van der Waals surface area contributed by atoms with Gasteiger partial charge >= 0.3 is 5.97 Å². The maximum absolute atomic E-state index is 11.7. The number of nitrogens with zero attached hydrogens (tertiary/aromatic N) is 3. The molecule has 7 nitrogen and oxygen atoms in total. The molecule has 100 valence electrons. The van der Waals surface area contributed by atoms with Gasteiger partial charge in [-0.2, -0.15) is 5.10 Å². The first-order chi connectivity index (χ1) is 9.16. The zero-order valence-electron chi connectivity index (χ0n) is 9.89. The molecule has 2 heterocycles. The molecule has 19 heavy (non-hydrogen) atoms. The Kier molecular flexibility index (Phi) is 4.24. The number of aromatic nitrogens is 3. The third kappa shape index (κ3) is 3.62. The van der Waals surface area contributed by atoms with Gasteiger partial charge in [-0.05, 0) is 11.4 Å². The first-order valence-corrected chi connectivity index (χ1v) is 6.43. The third-order valence-corrected chi connectivity index (χ3v) is 3.35. The maximum Gasteiger partial charge on any atom is 0.331 e. The first-order valence-electron chi connectivity index (χ1n) is 5.55.